The van der Waals surface area contributed by atoms with Crippen molar-refractivity contribution in [3.05, 3.63) is 40.7 Å². The van der Waals surface area contributed by atoms with Crippen LogP contribution in [0.5, 0.6) is 0 Å². The summed E-state index contributed by atoms with van der Waals surface area (Å²) in [5.74, 6) is -0.0543. The molecule has 21 heavy (non-hydrogen) atoms. The minimum atomic E-state index is -0.518. The van der Waals surface area contributed by atoms with Gasteiger partial charge in [-0.1, -0.05) is 32.4 Å². The molecule has 0 saturated carbocycles. The number of aromatic nitrogens is 2. The van der Waals surface area contributed by atoms with Gasteiger partial charge in [0.25, 0.3) is 5.56 Å². The van der Waals surface area contributed by atoms with Crippen LogP contribution in [0.15, 0.2) is 35.1 Å². The van der Waals surface area contributed by atoms with E-state index in [0.717, 1.165) is 12.0 Å². The molecule has 0 aliphatic rings. The van der Waals surface area contributed by atoms with Crippen molar-refractivity contribution in [2.24, 2.45) is 11.7 Å². The van der Waals surface area contributed by atoms with Crippen LogP contribution in [-0.2, 0) is 4.79 Å². The number of amides is 1. The van der Waals surface area contributed by atoms with Crippen LogP contribution in [0.3, 0.4) is 0 Å². The molecule has 5 N–H and O–H groups in total. The third kappa shape index (κ3) is 3.61. The number of carbonyl (C=O) groups is 1. The number of H-pyrrole nitrogens is 2. The number of carbonyl (C=O) groups excluding carboxylic acids is 1. The maximum Gasteiger partial charge on any atom is 0.264 e. The SMILES string of the molecule is CCC(C)C(N)C(=O)Nc1ccc(-c2cc(=O)[nH][nH]2)cc1. The average Bonchev–Trinajstić information content (AvgIpc) is 2.93. The van der Waals surface area contributed by atoms with Gasteiger partial charge >= 0.3 is 0 Å². The van der Waals surface area contributed by atoms with Gasteiger partial charge in [0.1, 0.15) is 0 Å². The molecule has 0 bridgehead atoms. The van der Waals surface area contributed by atoms with Crippen LogP contribution in [0.2, 0.25) is 0 Å². The molecule has 1 aromatic heterocycles. The van der Waals surface area contributed by atoms with E-state index in [9.17, 15) is 9.59 Å². The first kappa shape index (κ1) is 15.1. The lowest BCUT2D eigenvalue weighted by molar-refractivity contribution is -0.118. The highest BCUT2D eigenvalue weighted by Crippen LogP contribution is 2.18. The van der Waals surface area contributed by atoms with Gasteiger partial charge in [-0.05, 0) is 23.6 Å². The fraction of sp³-hybridized carbons (Fsp3) is 0.333. The lowest BCUT2D eigenvalue weighted by Gasteiger charge is -2.17. The predicted molar refractivity (Wildman–Crippen MR) is 82.9 cm³/mol. The molecule has 1 amide bonds. The van der Waals surface area contributed by atoms with E-state index in [4.69, 9.17) is 5.73 Å². The summed E-state index contributed by atoms with van der Waals surface area (Å²) >= 11 is 0. The van der Waals surface area contributed by atoms with Gasteiger partial charge in [0.05, 0.1) is 11.7 Å². The van der Waals surface area contributed by atoms with Crippen LogP contribution in [0.4, 0.5) is 5.69 Å². The smallest absolute Gasteiger partial charge is 0.264 e. The average molecular weight is 288 g/mol. The van der Waals surface area contributed by atoms with Crippen molar-refractivity contribution >= 4 is 11.6 Å². The molecule has 2 rings (SSSR count). The second-order valence-electron chi connectivity index (χ2n) is 5.15. The van der Waals surface area contributed by atoms with Gasteiger partial charge in [-0.15, -0.1) is 0 Å². The van der Waals surface area contributed by atoms with E-state index in [-0.39, 0.29) is 17.4 Å². The second kappa shape index (κ2) is 6.41. The van der Waals surface area contributed by atoms with E-state index in [0.29, 0.717) is 11.4 Å². The molecule has 112 valence electrons. The van der Waals surface area contributed by atoms with Crippen molar-refractivity contribution in [3.8, 4) is 11.3 Å². The fourth-order valence-electron chi connectivity index (χ4n) is 1.96. The molecule has 2 atom stereocenters. The predicted octanol–water partition coefficient (Wildman–Crippen LogP) is 1.68. The number of hydrogen-bond acceptors (Lipinski definition) is 3. The molecule has 0 saturated heterocycles. The van der Waals surface area contributed by atoms with Crippen LogP contribution in [0, 0.1) is 5.92 Å². The molecule has 2 unspecified atom stereocenters. The molecule has 0 radical (unpaired) electrons. The first-order valence-electron chi connectivity index (χ1n) is 6.96. The van der Waals surface area contributed by atoms with E-state index < -0.39 is 6.04 Å². The van der Waals surface area contributed by atoms with Crippen LogP contribution in [-0.4, -0.2) is 22.1 Å². The van der Waals surface area contributed by atoms with Crippen molar-refractivity contribution in [2.45, 2.75) is 26.3 Å². The Morgan fingerprint density at radius 2 is 1.95 bits per heavy atom. The summed E-state index contributed by atoms with van der Waals surface area (Å²) in [4.78, 5) is 23.1. The molecule has 6 heteroatoms. The molecular weight excluding hydrogens is 268 g/mol. The third-order valence-corrected chi connectivity index (χ3v) is 3.62. The Bertz CT molecular complexity index is 657. The zero-order valence-electron chi connectivity index (χ0n) is 12.1. The Labute approximate surface area is 122 Å². The quantitative estimate of drug-likeness (QED) is 0.673. The van der Waals surface area contributed by atoms with Crippen molar-refractivity contribution in [1.29, 1.82) is 0 Å². The molecule has 1 heterocycles. The summed E-state index contributed by atoms with van der Waals surface area (Å²) in [6, 6.07) is 8.17. The van der Waals surface area contributed by atoms with Crippen molar-refractivity contribution in [3.63, 3.8) is 0 Å². The van der Waals surface area contributed by atoms with Gasteiger partial charge in [-0.25, -0.2) is 0 Å². The Morgan fingerprint density at radius 3 is 2.48 bits per heavy atom. The summed E-state index contributed by atoms with van der Waals surface area (Å²) in [5, 5.41) is 8.06. The molecule has 0 aliphatic carbocycles. The van der Waals surface area contributed by atoms with Gasteiger partial charge in [-0.2, -0.15) is 0 Å². The second-order valence-corrected chi connectivity index (χ2v) is 5.15. The van der Waals surface area contributed by atoms with Crippen LogP contribution in [0.25, 0.3) is 11.3 Å². The molecule has 1 aromatic carbocycles. The monoisotopic (exact) mass is 288 g/mol. The van der Waals surface area contributed by atoms with E-state index in [1.807, 2.05) is 26.0 Å². The molecular formula is C15H20N4O2. The van der Waals surface area contributed by atoms with Gasteiger partial charge in [0.15, 0.2) is 0 Å². The molecule has 0 spiro atoms. The highest BCUT2D eigenvalue weighted by atomic mass is 16.2. The number of benzene rings is 1. The summed E-state index contributed by atoms with van der Waals surface area (Å²) in [7, 11) is 0. The number of anilines is 1. The normalized spacial score (nSPS) is 13.7. The topological polar surface area (TPSA) is 104 Å². The van der Waals surface area contributed by atoms with Gasteiger partial charge in [-0.3, -0.25) is 19.8 Å². The van der Waals surface area contributed by atoms with E-state index in [1.165, 1.54) is 6.07 Å². The number of aromatic amines is 2. The molecule has 2 aromatic rings. The Kier molecular flexibility index (Phi) is 4.59. The highest BCUT2D eigenvalue weighted by molar-refractivity contribution is 5.95. The van der Waals surface area contributed by atoms with E-state index in [2.05, 4.69) is 15.5 Å². The highest BCUT2D eigenvalue weighted by Gasteiger charge is 2.19. The maximum atomic E-state index is 12.0. The number of rotatable bonds is 5. The number of nitrogens with two attached hydrogens (primary N) is 1. The van der Waals surface area contributed by atoms with Gasteiger partial charge < -0.3 is 11.1 Å². The fourth-order valence-corrected chi connectivity index (χ4v) is 1.96. The van der Waals surface area contributed by atoms with Crippen LogP contribution >= 0.6 is 0 Å². The third-order valence-electron chi connectivity index (χ3n) is 3.62. The maximum absolute atomic E-state index is 12.0. The van der Waals surface area contributed by atoms with Gasteiger partial charge in [0, 0.05) is 11.8 Å². The number of nitrogens with one attached hydrogen (secondary N) is 3. The molecule has 6 nitrogen and oxygen atoms in total. The first-order chi connectivity index (χ1) is 10.0. The summed E-state index contributed by atoms with van der Waals surface area (Å²) in [6.45, 7) is 3.96. The zero-order chi connectivity index (χ0) is 15.4. The standard InChI is InChI=1S/C15H20N4O2/c1-3-9(2)14(16)15(21)17-11-6-4-10(5-7-11)12-8-13(20)19-18-12/h4-9,14H,3,16H2,1-2H3,(H,17,21)(H2,18,19,20). The first-order valence-corrected chi connectivity index (χ1v) is 6.96. The van der Waals surface area contributed by atoms with Crippen molar-refractivity contribution in [1.82, 2.24) is 10.2 Å². The minimum absolute atomic E-state index is 0.134. The summed E-state index contributed by atoms with van der Waals surface area (Å²) in [6.07, 6.45) is 0.856. The van der Waals surface area contributed by atoms with E-state index >= 15 is 0 Å². The lowest BCUT2D eigenvalue weighted by atomic mass is 9.99. The van der Waals surface area contributed by atoms with Crippen molar-refractivity contribution in [2.75, 3.05) is 5.32 Å². The van der Waals surface area contributed by atoms with Gasteiger partial charge in [0.2, 0.25) is 5.91 Å². The van der Waals surface area contributed by atoms with E-state index in [1.54, 1.807) is 12.1 Å². The zero-order valence-corrected chi connectivity index (χ0v) is 12.1. The minimum Gasteiger partial charge on any atom is -0.325 e. The number of hydrogen-bond donors (Lipinski definition) is 4. The van der Waals surface area contributed by atoms with Crippen LogP contribution in [0.1, 0.15) is 20.3 Å². The largest absolute Gasteiger partial charge is 0.325 e. The summed E-state index contributed by atoms with van der Waals surface area (Å²) in [5.41, 5.74) is 7.95. The van der Waals surface area contributed by atoms with Crippen LogP contribution < -0.4 is 16.6 Å². The lowest BCUT2D eigenvalue weighted by Crippen LogP contribution is -2.40. The Morgan fingerprint density at radius 1 is 1.29 bits per heavy atom. The Hall–Kier alpha value is -2.34. The molecule has 0 aliphatic heterocycles. The molecule has 0 fully saturated rings. The van der Waals surface area contributed by atoms with Crippen molar-refractivity contribution < 1.29 is 4.79 Å². The summed E-state index contributed by atoms with van der Waals surface area (Å²) < 4.78 is 0. The Balaban J connectivity index is 2.06.